The summed E-state index contributed by atoms with van der Waals surface area (Å²) in [5, 5.41) is 12.8. The Morgan fingerprint density at radius 3 is 2.82 bits per heavy atom. The zero-order valence-corrected chi connectivity index (χ0v) is 20.9. The molecule has 2 aliphatic heterocycles. The Labute approximate surface area is 203 Å². The van der Waals surface area contributed by atoms with Gasteiger partial charge >= 0.3 is 0 Å². The molecule has 0 aromatic heterocycles. The zero-order valence-electron chi connectivity index (χ0n) is 19.3. The number of halogens is 1. The zero-order chi connectivity index (χ0) is 24.0. The number of likely N-dealkylation sites (tertiary alicyclic amines) is 1. The molecule has 0 spiro atoms. The first-order chi connectivity index (χ1) is 15.9. The molecule has 4 N–H and O–H groups in total. The average Bonchev–Trinajstić information content (AvgIpc) is 3.50. The normalized spacial score (nSPS) is 23.1. The van der Waals surface area contributed by atoms with Crippen LogP contribution in [0.1, 0.15) is 38.2 Å². The summed E-state index contributed by atoms with van der Waals surface area (Å²) in [6.45, 7) is 7.60. The summed E-state index contributed by atoms with van der Waals surface area (Å²) in [7, 11) is 1.77. The molecule has 9 heteroatoms. The summed E-state index contributed by atoms with van der Waals surface area (Å²) in [5.41, 5.74) is 10.6. The summed E-state index contributed by atoms with van der Waals surface area (Å²) in [4.78, 5) is 28.2. The Kier molecular flexibility index (Phi) is 8.80. The van der Waals surface area contributed by atoms with E-state index in [2.05, 4.69) is 43.6 Å². The minimum atomic E-state index is -0.497. The summed E-state index contributed by atoms with van der Waals surface area (Å²) in [6, 6.07) is 4.81. The Balaban J connectivity index is 1.72. The van der Waals surface area contributed by atoms with Crippen molar-refractivity contribution in [1.29, 1.82) is 5.53 Å². The molecule has 2 saturated heterocycles. The van der Waals surface area contributed by atoms with Gasteiger partial charge in [0, 0.05) is 20.1 Å². The van der Waals surface area contributed by atoms with Crippen LogP contribution in [0.5, 0.6) is 0 Å². The first-order valence-corrected chi connectivity index (χ1v) is 12.1. The molecule has 0 radical (unpaired) electrons. The maximum absolute atomic E-state index is 13.2. The molecule has 2 unspecified atom stereocenters. The third kappa shape index (κ3) is 6.09. The molecule has 1 aromatic rings. The molecule has 2 fully saturated rings. The van der Waals surface area contributed by atoms with E-state index in [1.807, 2.05) is 25.1 Å². The number of nitrogens with one attached hydrogen (secondary N) is 4. The van der Waals surface area contributed by atoms with Crippen LogP contribution < -0.4 is 16.0 Å². The van der Waals surface area contributed by atoms with E-state index in [4.69, 9.17) is 5.53 Å². The Morgan fingerprint density at radius 1 is 1.42 bits per heavy atom. The summed E-state index contributed by atoms with van der Waals surface area (Å²) < 4.78 is 1.03. The summed E-state index contributed by atoms with van der Waals surface area (Å²) >= 11 is 3.54. The highest BCUT2D eigenvalue weighted by atomic mass is 79.9. The molecule has 0 saturated carbocycles. The van der Waals surface area contributed by atoms with Crippen LogP contribution in [0, 0.1) is 11.4 Å². The van der Waals surface area contributed by atoms with Crippen molar-refractivity contribution in [2.75, 3.05) is 25.5 Å². The van der Waals surface area contributed by atoms with E-state index in [9.17, 15) is 9.59 Å². The monoisotopic (exact) mass is 516 g/mol. The first-order valence-electron chi connectivity index (χ1n) is 11.3. The molecule has 2 heterocycles. The van der Waals surface area contributed by atoms with Crippen LogP contribution in [-0.2, 0) is 16.1 Å². The van der Waals surface area contributed by atoms with Crippen molar-refractivity contribution in [2.45, 2.75) is 51.2 Å². The van der Waals surface area contributed by atoms with Gasteiger partial charge in [-0.2, -0.15) is 5.11 Å². The van der Waals surface area contributed by atoms with Gasteiger partial charge in [0.05, 0.1) is 11.7 Å². The minimum absolute atomic E-state index is 0.0171. The van der Waals surface area contributed by atoms with Crippen LogP contribution in [0.15, 0.2) is 46.0 Å². The molecular weight excluding hydrogens is 484 g/mol. The highest BCUT2D eigenvalue weighted by Gasteiger charge is 2.42. The molecule has 178 valence electrons. The van der Waals surface area contributed by atoms with Gasteiger partial charge in [0.1, 0.15) is 11.7 Å². The second-order valence-electron chi connectivity index (χ2n) is 8.66. The number of benzene rings is 1. The van der Waals surface area contributed by atoms with Crippen molar-refractivity contribution < 1.29 is 9.59 Å². The van der Waals surface area contributed by atoms with Gasteiger partial charge in [-0.3, -0.25) is 9.59 Å². The number of amides is 2. The molecule has 1 aromatic carbocycles. The largest absolute Gasteiger partial charge is 0.386 e. The van der Waals surface area contributed by atoms with Crippen molar-refractivity contribution in [3.05, 3.63) is 46.5 Å². The van der Waals surface area contributed by atoms with Gasteiger partial charge in [0.2, 0.25) is 11.8 Å². The Bertz CT molecular complexity index is 937. The third-order valence-corrected chi connectivity index (χ3v) is 6.96. The van der Waals surface area contributed by atoms with Gasteiger partial charge in [-0.1, -0.05) is 34.7 Å². The van der Waals surface area contributed by atoms with Gasteiger partial charge in [-0.05, 0) is 72.8 Å². The Hall–Kier alpha value is -2.52. The van der Waals surface area contributed by atoms with Crippen molar-refractivity contribution in [3.63, 3.8) is 0 Å². The SMILES string of the molecule is C=C/C(CC1CC(C(=O)NCc2ccc(NC)c(N=N)c2)N(C(=O)[C@H]2CCCN2)C1)=C(\C)Br. The first kappa shape index (κ1) is 25.1. The summed E-state index contributed by atoms with van der Waals surface area (Å²) in [6.07, 6.45) is 5.01. The molecule has 33 heavy (non-hydrogen) atoms. The number of rotatable bonds is 9. The molecular formula is C24H33BrN6O2. The molecule has 0 aliphatic carbocycles. The van der Waals surface area contributed by atoms with Crippen LogP contribution >= 0.6 is 15.9 Å². The average molecular weight is 517 g/mol. The lowest BCUT2D eigenvalue weighted by Gasteiger charge is -2.26. The van der Waals surface area contributed by atoms with Crippen molar-refractivity contribution in [1.82, 2.24) is 15.5 Å². The fourth-order valence-corrected chi connectivity index (χ4v) is 4.96. The van der Waals surface area contributed by atoms with Gasteiger partial charge in [0.25, 0.3) is 0 Å². The van der Waals surface area contributed by atoms with Gasteiger partial charge in [-0.25, -0.2) is 5.53 Å². The lowest BCUT2D eigenvalue weighted by molar-refractivity contribution is -0.139. The number of carbonyl (C=O) groups excluding carboxylic acids is 2. The van der Waals surface area contributed by atoms with E-state index in [1.54, 1.807) is 18.0 Å². The van der Waals surface area contributed by atoms with E-state index in [-0.39, 0.29) is 23.8 Å². The van der Waals surface area contributed by atoms with Crippen LogP contribution in [0.3, 0.4) is 0 Å². The second kappa shape index (κ2) is 11.6. The number of anilines is 1. The number of hydrogen-bond acceptors (Lipinski definition) is 6. The van der Waals surface area contributed by atoms with Crippen LogP contribution in [0.4, 0.5) is 11.4 Å². The molecule has 2 aliphatic rings. The van der Waals surface area contributed by atoms with E-state index >= 15 is 0 Å². The van der Waals surface area contributed by atoms with Crippen LogP contribution in [-0.4, -0.2) is 48.9 Å². The predicted octanol–water partition coefficient (Wildman–Crippen LogP) is 4.22. The number of allylic oxidation sites excluding steroid dienone is 3. The van der Waals surface area contributed by atoms with Gasteiger partial charge in [-0.15, -0.1) is 0 Å². The van der Waals surface area contributed by atoms with Gasteiger partial charge in [0.15, 0.2) is 0 Å². The maximum atomic E-state index is 13.2. The molecule has 8 nitrogen and oxygen atoms in total. The van der Waals surface area contributed by atoms with Crippen molar-refractivity contribution in [3.8, 4) is 0 Å². The topological polar surface area (TPSA) is 110 Å². The quantitative estimate of drug-likeness (QED) is 0.291. The highest BCUT2D eigenvalue weighted by molar-refractivity contribution is 9.11. The predicted molar refractivity (Wildman–Crippen MR) is 134 cm³/mol. The van der Waals surface area contributed by atoms with E-state index in [0.29, 0.717) is 25.2 Å². The fraction of sp³-hybridized carbons (Fsp3) is 0.500. The lowest BCUT2D eigenvalue weighted by atomic mass is 9.96. The molecule has 0 bridgehead atoms. The second-order valence-corrected chi connectivity index (χ2v) is 9.84. The lowest BCUT2D eigenvalue weighted by Crippen LogP contribution is -2.51. The fourth-order valence-electron chi connectivity index (χ4n) is 4.63. The van der Waals surface area contributed by atoms with Crippen LogP contribution in [0.25, 0.3) is 0 Å². The third-order valence-electron chi connectivity index (χ3n) is 6.45. The molecule has 3 rings (SSSR count). The van der Waals surface area contributed by atoms with Crippen molar-refractivity contribution in [2.24, 2.45) is 11.0 Å². The maximum Gasteiger partial charge on any atom is 0.243 e. The molecule has 2 amide bonds. The minimum Gasteiger partial charge on any atom is -0.386 e. The summed E-state index contributed by atoms with van der Waals surface area (Å²) in [5.74, 6) is 0.0596. The highest BCUT2D eigenvalue weighted by Crippen LogP contribution is 2.32. The van der Waals surface area contributed by atoms with Crippen molar-refractivity contribution >= 4 is 39.1 Å². The number of carbonyl (C=O) groups is 2. The number of hydrogen-bond donors (Lipinski definition) is 4. The molecule has 3 atom stereocenters. The smallest absolute Gasteiger partial charge is 0.243 e. The van der Waals surface area contributed by atoms with E-state index < -0.39 is 6.04 Å². The Morgan fingerprint density at radius 2 is 2.21 bits per heavy atom. The number of nitrogens with zero attached hydrogens (tertiary/aromatic N) is 2. The standard InChI is InChI=1S/C24H33BrN6O2/c1-4-18(15(2)25)10-17-12-22(31(14-17)24(33)20-6-5-9-28-20)23(32)29-13-16-7-8-19(27-3)21(11-16)30-26/h4,7-8,11,17,20,22,26-28H,1,5-6,9-10,12-14H2,2-3H3,(H,29,32)/b18-15-,30-26?/t17?,20-,22?/m1/s1. The van der Waals surface area contributed by atoms with E-state index in [1.165, 1.54) is 0 Å². The van der Waals surface area contributed by atoms with Gasteiger partial charge < -0.3 is 20.9 Å². The van der Waals surface area contributed by atoms with E-state index in [0.717, 1.165) is 47.1 Å². The van der Waals surface area contributed by atoms with Crippen LogP contribution in [0.2, 0.25) is 0 Å².